The molecule has 1 aromatic carbocycles. The smallest absolute Gasteiger partial charge is 0.161 e. The van der Waals surface area contributed by atoms with Gasteiger partial charge in [-0.2, -0.15) is 0 Å². The number of hydrogen-bond donors (Lipinski definition) is 2. The summed E-state index contributed by atoms with van der Waals surface area (Å²) >= 11 is 0. The lowest BCUT2D eigenvalue weighted by Gasteiger charge is -2.08. The standard InChI is InChI=1S/C14H16N2O2/c1-10(17)13-5-4-11(9-14(13)15)16-7-6-12-3-2-8-18-12/h2-5,8-9,16H,6-7,15H2,1H3. The van der Waals surface area contributed by atoms with Crippen molar-refractivity contribution in [1.29, 1.82) is 0 Å². The minimum atomic E-state index is -0.0189. The minimum Gasteiger partial charge on any atom is -0.469 e. The summed E-state index contributed by atoms with van der Waals surface area (Å²) in [7, 11) is 0. The van der Waals surface area contributed by atoms with Crippen molar-refractivity contribution in [3.63, 3.8) is 0 Å². The van der Waals surface area contributed by atoms with E-state index in [9.17, 15) is 4.79 Å². The normalized spacial score (nSPS) is 10.3. The number of Topliss-reactive ketones (excluding diaryl/α,β-unsaturated/α-hetero) is 1. The minimum absolute atomic E-state index is 0.0189. The summed E-state index contributed by atoms with van der Waals surface area (Å²) in [6, 6.07) is 9.19. The Morgan fingerprint density at radius 1 is 1.39 bits per heavy atom. The molecular formula is C14H16N2O2. The largest absolute Gasteiger partial charge is 0.469 e. The van der Waals surface area contributed by atoms with E-state index >= 15 is 0 Å². The first-order valence-corrected chi connectivity index (χ1v) is 5.83. The predicted octanol–water partition coefficient (Wildman–Crippen LogP) is 2.72. The molecule has 0 unspecified atom stereocenters. The van der Waals surface area contributed by atoms with Crippen molar-refractivity contribution in [2.24, 2.45) is 0 Å². The topological polar surface area (TPSA) is 68.3 Å². The highest BCUT2D eigenvalue weighted by Crippen LogP contribution is 2.18. The molecule has 0 saturated carbocycles. The number of nitrogen functional groups attached to an aromatic ring is 1. The van der Waals surface area contributed by atoms with Gasteiger partial charge in [-0.15, -0.1) is 0 Å². The van der Waals surface area contributed by atoms with Gasteiger partial charge < -0.3 is 15.5 Å². The number of carbonyl (C=O) groups is 1. The van der Waals surface area contributed by atoms with Crippen molar-refractivity contribution < 1.29 is 9.21 Å². The maximum Gasteiger partial charge on any atom is 0.161 e. The van der Waals surface area contributed by atoms with Gasteiger partial charge in [-0.3, -0.25) is 4.79 Å². The van der Waals surface area contributed by atoms with Crippen molar-refractivity contribution in [3.05, 3.63) is 47.9 Å². The highest BCUT2D eigenvalue weighted by Gasteiger charge is 2.05. The lowest BCUT2D eigenvalue weighted by molar-refractivity contribution is 0.101. The van der Waals surface area contributed by atoms with Gasteiger partial charge >= 0.3 is 0 Å². The molecule has 0 atom stereocenters. The Morgan fingerprint density at radius 3 is 2.83 bits per heavy atom. The molecule has 4 nitrogen and oxygen atoms in total. The Kier molecular flexibility index (Phi) is 3.67. The number of ketones is 1. The van der Waals surface area contributed by atoms with Crippen LogP contribution < -0.4 is 11.1 Å². The maximum absolute atomic E-state index is 11.2. The SMILES string of the molecule is CC(=O)c1ccc(NCCc2ccco2)cc1N. The molecule has 0 aliphatic rings. The number of furan rings is 1. The zero-order valence-electron chi connectivity index (χ0n) is 10.3. The first kappa shape index (κ1) is 12.2. The van der Waals surface area contributed by atoms with Gasteiger partial charge in [-0.25, -0.2) is 0 Å². The van der Waals surface area contributed by atoms with Gasteiger partial charge in [0.15, 0.2) is 5.78 Å². The first-order valence-electron chi connectivity index (χ1n) is 5.83. The van der Waals surface area contributed by atoms with E-state index in [4.69, 9.17) is 10.2 Å². The van der Waals surface area contributed by atoms with Gasteiger partial charge in [0.05, 0.1) is 6.26 Å². The monoisotopic (exact) mass is 244 g/mol. The van der Waals surface area contributed by atoms with Crippen LogP contribution in [0.15, 0.2) is 41.0 Å². The summed E-state index contributed by atoms with van der Waals surface area (Å²) in [6.45, 7) is 2.27. The van der Waals surface area contributed by atoms with Crippen LogP contribution in [0.4, 0.5) is 11.4 Å². The molecular weight excluding hydrogens is 228 g/mol. The number of rotatable bonds is 5. The molecule has 4 heteroatoms. The van der Waals surface area contributed by atoms with Gasteiger partial charge in [-0.05, 0) is 37.3 Å². The molecule has 0 fully saturated rings. The zero-order chi connectivity index (χ0) is 13.0. The van der Waals surface area contributed by atoms with Crippen LogP contribution in [0.2, 0.25) is 0 Å². The first-order chi connectivity index (χ1) is 8.66. The number of benzene rings is 1. The molecule has 0 aliphatic heterocycles. The van der Waals surface area contributed by atoms with E-state index in [0.29, 0.717) is 11.3 Å². The van der Waals surface area contributed by atoms with Crippen LogP contribution in [0.25, 0.3) is 0 Å². The third-order valence-corrected chi connectivity index (χ3v) is 2.71. The molecule has 2 aromatic rings. The Hall–Kier alpha value is -2.23. The number of anilines is 2. The van der Waals surface area contributed by atoms with Crippen LogP contribution in [-0.2, 0) is 6.42 Å². The van der Waals surface area contributed by atoms with Crippen LogP contribution in [0.1, 0.15) is 23.0 Å². The summed E-state index contributed by atoms with van der Waals surface area (Å²) < 4.78 is 5.24. The lowest BCUT2D eigenvalue weighted by atomic mass is 10.1. The summed E-state index contributed by atoms with van der Waals surface area (Å²) in [5, 5.41) is 3.24. The van der Waals surface area contributed by atoms with E-state index in [1.807, 2.05) is 18.2 Å². The van der Waals surface area contributed by atoms with Crippen LogP contribution >= 0.6 is 0 Å². The molecule has 0 bridgehead atoms. The van der Waals surface area contributed by atoms with E-state index < -0.39 is 0 Å². The van der Waals surface area contributed by atoms with Crippen molar-refractivity contribution in [3.8, 4) is 0 Å². The number of carbonyl (C=O) groups excluding carboxylic acids is 1. The highest BCUT2D eigenvalue weighted by atomic mass is 16.3. The van der Waals surface area contributed by atoms with E-state index in [-0.39, 0.29) is 5.78 Å². The highest BCUT2D eigenvalue weighted by molar-refractivity contribution is 5.99. The fourth-order valence-electron chi connectivity index (χ4n) is 1.78. The van der Waals surface area contributed by atoms with Crippen LogP contribution in [0.5, 0.6) is 0 Å². The van der Waals surface area contributed by atoms with Crippen LogP contribution in [0, 0.1) is 0 Å². The Labute approximate surface area is 106 Å². The second-order valence-electron chi connectivity index (χ2n) is 4.11. The van der Waals surface area contributed by atoms with Crippen molar-refractivity contribution in [2.75, 3.05) is 17.6 Å². The molecule has 0 saturated heterocycles. The second kappa shape index (κ2) is 5.40. The summed E-state index contributed by atoms with van der Waals surface area (Å²) in [4.78, 5) is 11.2. The summed E-state index contributed by atoms with van der Waals surface area (Å²) in [6.07, 6.45) is 2.47. The maximum atomic E-state index is 11.2. The lowest BCUT2D eigenvalue weighted by Crippen LogP contribution is -2.06. The summed E-state index contributed by atoms with van der Waals surface area (Å²) in [5.74, 6) is 0.922. The second-order valence-corrected chi connectivity index (χ2v) is 4.11. The summed E-state index contributed by atoms with van der Waals surface area (Å²) in [5.41, 5.74) is 7.78. The molecule has 1 aromatic heterocycles. The van der Waals surface area contributed by atoms with Crippen molar-refractivity contribution >= 4 is 17.2 Å². The molecule has 94 valence electrons. The van der Waals surface area contributed by atoms with E-state index in [1.165, 1.54) is 6.92 Å². The molecule has 18 heavy (non-hydrogen) atoms. The fraction of sp³-hybridized carbons (Fsp3) is 0.214. The molecule has 0 aliphatic carbocycles. The molecule has 0 radical (unpaired) electrons. The number of nitrogens with one attached hydrogen (secondary N) is 1. The van der Waals surface area contributed by atoms with E-state index in [1.54, 1.807) is 18.4 Å². The number of hydrogen-bond acceptors (Lipinski definition) is 4. The van der Waals surface area contributed by atoms with Crippen LogP contribution in [-0.4, -0.2) is 12.3 Å². The van der Waals surface area contributed by atoms with Gasteiger partial charge in [0.2, 0.25) is 0 Å². The Bertz CT molecular complexity index is 533. The molecule has 0 amide bonds. The molecule has 0 spiro atoms. The van der Waals surface area contributed by atoms with Crippen molar-refractivity contribution in [2.45, 2.75) is 13.3 Å². The predicted molar refractivity (Wildman–Crippen MR) is 71.8 cm³/mol. The molecule has 2 rings (SSSR count). The van der Waals surface area contributed by atoms with Gasteiger partial charge in [0, 0.05) is 29.9 Å². The van der Waals surface area contributed by atoms with Crippen molar-refractivity contribution in [1.82, 2.24) is 0 Å². The third kappa shape index (κ3) is 2.91. The average Bonchev–Trinajstić information content (AvgIpc) is 2.81. The van der Waals surface area contributed by atoms with Crippen LogP contribution in [0.3, 0.4) is 0 Å². The molecule has 3 N–H and O–H groups in total. The molecule has 1 heterocycles. The van der Waals surface area contributed by atoms with Gasteiger partial charge in [0.1, 0.15) is 5.76 Å². The quantitative estimate of drug-likeness (QED) is 0.626. The van der Waals surface area contributed by atoms with E-state index in [2.05, 4.69) is 5.32 Å². The number of nitrogens with two attached hydrogens (primary N) is 1. The van der Waals surface area contributed by atoms with E-state index in [0.717, 1.165) is 24.4 Å². The third-order valence-electron chi connectivity index (χ3n) is 2.71. The van der Waals surface area contributed by atoms with Gasteiger partial charge in [0.25, 0.3) is 0 Å². The zero-order valence-corrected chi connectivity index (χ0v) is 10.3. The van der Waals surface area contributed by atoms with Gasteiger partial charge in [-0.1, -0.05) is 0 Å². The Morgan fingerprint density at radius 2 is 2.22 bits per heavy atom. The average molecular weight is 244 g/mol. The fourth-order valence-corrected chi connectivity index (χ4v) is 1.78. The Balaban J connectivity index is 1.94.